The van der Waals surface area contributed by atoms with Crippen LogP contribution in [-0.2, 0) is 11.3 Å². The molecule has 0 fully saturated rings. The van der Waals surface area contributed by atoms with Crippen molar-refractivity contribution >= 4 is 5.69 Å². The summed E-state index contributed by atoms with van der Waals surface area (Å²) in [5.41, 5.74) is 0.423. The molecule has 9 nitrogen and oxygen atoms in total. The zero-order valence-corrected chi connectivity index (χ0v) is 12.5. The van der Waals surface area contributed by atoms with Crippen LogP contribution >= 0.6 is 0 Å². The fraction of sp³-hybridized carbons (Fsp3) is 0.571. The minimum atomic E-state index is -1.78. The lowest BCUT2D eigenvalue weighted by Gasteiger charge is -2.28. The van der Waals surface area contributed by atoms with E-state index in [0.29, 0.717) is 5.56 Å². The van der Waals surface area contributed by atoms with Gasteiger partial charge in [0.25, 0.3) is 5.69 Å². The summed E-state index contributed by atoms with van der Waals surface area (Å²) in [4.78, 5) is 9.97. The highest BCUT2D eigenvalue weighted by Gasteiger charge is 2.33. The summed E-state index contributed by atoms with van der Waals surface area (Å²) < 4.78 is 4.98. The summed E-state index contributed by atoms with van der Waals surface area (Å²) in [7, 11) is 0. The fourth-order valence-electron chi connectivity index (χ4n) is 1.81. The predicted octanol–water partition coefficient (Wildman–Crippen LogP) is -0.859. The summed E-state index contributed by atoms with van der Waals surface area (Å²) in [5, 5.41) is 58.2. The molecule has 5 N–H and O–H groups in total. The van der Waals surface area contributed by atoms with Gasteiger partial charge in [-0.3, -0.25) is 10.1 Å². The SMILES string of the molecule is CC(CO)C(O)C(O)C(O)C(O)OCc1ccc([N+](=O)[O-])cc1. The third kappa shape index (κ3) is 5.50. The molecule has 5 unspecified atom stereocenters. The Labute approximate surface area is 132 Å². The molecule has 0 spiro atoms. The van der Waals surface area contributed by atoms with E-state index in [9.17, 15) is 30.5 Å². The number of aliphatic hydroxyl groups excluding tert-OH is 5. The second kappa shape index (κ2) is 8.87. The van der Waals surface area contributed by atoms with Gasteiger partial charge in [0, 0.05) is 24.7 Å². The van der Waals surface area contributed by atoms with E-state index in [2.05, 4.69) is 0 Å². The Bertz CT molecular complexity index is 494. The summed E-state index contributed by atoms with van der Waals surface area (Å²) in [6.07, 6.45) is -6.70. The Hall–Kier alpha value is -1.62. The maximum atomic E-state index is 10.5. The molecule has 1 rings (SSSR count). The molecular weight excluding hydrogens is 310 g/mol. The van der Waals surface area contributed by atoms with Gasteiger partial charge in [-0.1, -0.05) is 6.92 Å². The number of nitro groups is 1. The van der Waals surface area contributed by atoms with Crippen LogP contribution in [0.15, 0.2) is 24.3 Å². The van der Waals surface area contributed by atoms with Gasteiger partial charge in [0.15, 0.2) is 6.29 Å². The van der Waals surface area contributed by atoms with Gasteiger partial charge >= 0.3 is 0 Å². The summed E-state index contributed by atoms with van der Waals surface area (Å²) >= 11 is 0. The van der Waals surface area contributed by atoms with Crippen molar-refractivity contribution in [3.05, 3.63) is 39.9 Å². The van der Waals surface area contributed by atoms with Gasteiger partial charge in [-0.2, -0.15) is 0 Å². The Morgan fingerprint density at radius 3 is 2.13 bits per heavy atom. The van der Waals surface area contributed by atoms with Crippen molar-refractivity contribution in [2.75, 3.05) is 6.61 Å². The number of ether oxygens (including phenoxy) is 1. The van der Waals surface area contributed by atoms with Crippen molar-refractivity contribution in [1.82, 2.24) is 0 Å². The van der Waals surface area contributed by atoms with Crippen LogP contribution in [0.2, 0.25) is 0 Å². The molecule has 0 aliphatic rings. The molecule has 5 atom stereocenters. The van der Waals surface area contributed by atoms with Crippen LogP contribution in [-0.4, -0.2) is 61.7 Å². The smallest absolute Gasteiger partial charge is 0.269 e. The fourth-order valence-corrected chi connectivity index (χ4v) is 1.81. The third-order valence-corrected chi connectivity index (χ3v) is 3.43. The molecular formula is C14H21NO8. The number of hydrogen-bond acceptors (Lipinski definition) is 8. The van der Waals surface area contributed by atoms with E-state index in [1.165, 1.54) is 31.2 Å². The minimum absolute atomic E-state index is 0.0918. The number of hydrogen-bond donors (Lipinski definition) is 5. The van der Waals surface area contributed by atoms with Gasteiger partial charge in [0.1, 0.15) is 12.2 Å². The Morgan fingerprint density at radius 1 is 1.09 bits per heavy atom. The Kier molecular flexibility index (Phi) is 7.49. The molecule has 9 heteroatoms. The van der Waals surface area contributed by atoms with Crippen molar-refractivity contribution in [2.24, 2.45) is 5.92 Å². The number of aliphatic hydroxyl groups is 5. The van der Waals surface area contributed by atoms with Crippen LogP contribution < -0.4 is 0 Å². The Balaban J connectivity index is 2.54. The highest BCUT2D eigenvalue weighted by Crippen LogP contribution is 2.16. The highest BCUT2D eigenvalue weighted by atomic mass is 16.6. The molecule has 0 saturated carbocycles. The van der Waals surface area contributed by atoms with Crippen molar-refractivity contribution < 1.29 is 35.2 Å². The number of rotatable bonds is 9. The summed E-state index contributed by atoms with van der Waals surface area (Å²) in [6.45, 7) is 0.907. The average Bonchev–Trinajstić information content (AvgIpc) is 2.57. The van der Waals surface area contributed by atoms with Gasteiger partial charge in [-0.25, -0.2) is 0 Å². The van der Waals surface area contributed by atoms with Gasteiger partial charge in [-0.15, -0.1) is 0 Å². The summed E-state index contributed by atoms with van der Waals surface area (Å²) in [6, 6.07) is 5.39. The number of nitrogens with zero attached hydrogens (tertiary/aromatic N) is 1. The van der Waals surface area contributed by atoms with Crippen molar-refractivity contribution in [3.63, 3.8) is 0 Å². The maximum absolute atomic E-state index is 10.5. The lowest BCUT2D eigenvalue weighted by atomic mass is 9.97. The first-order valence-electron chi connectivity index (χ1n) is 6.96. The number of non-ortho nitro benzene ring substituents is 1. The quantitative estimate of drug-likeness (QED) is 0.222. The number of nitro benzene ring substituents is 1. The van der Waals surface area contributed by atoms with Crippen LogP contribution in [0.1, 0.15) is 12.5 Å². The van der Waals surface area contributed by atoms with Crippen LogP contribution in [0.4, 0.5) is 5.69 Å². The second-order valence-corrected chi connectivity index (χ2v) is 5.26. The Morgan fingerprint density at radius 2 is 1.65 bits per heavy atom. The van der Waals surface area contributed by atoms with E-state index in [1.807, 2.05) is 0 Å². The van der Waals surface area contributed by atoms with Crippen LogP contribution in [0.3, 0.4) is 0 Å². The molecule has 0 saturated heterocycles. The lowest BCUT2D eigenvalue weighted by molar-refractivity contribution is -0.384. The van der Waals surface area contributed by atoms with E-state index in [-0.39, 0.29) is 12.3 Å². The first-order valence-corrected chi connectivity index (χ1v) is 6.96. The summed E-state index contributed by atoms with van der Waals surface area (Å²) in [5.74, 6) is -0.693. The normalized spacial score (nSPS) is 18.0. The van der Waals surface area contributed by atoms with Crippen molar-refractivity contribution in [2.45, 2.75) is 38.1 Å². The third-order valence-electron chi connectivity index (χ3n) is 3.43. The van der Waals surface area contributed by atoms with Crippen LogP contribution in [0.5, 0.6) is 0 Å². The van der Waals surface area contributed by atoms with Gasteiger partial charge in [-0.05, 0) is 17.7 Å². The van der Waals surface area contributed by atoms with E-state index < -0.39 is 42.1 Å². The largest absolute Gasteiger partial charge is 0.396 e. The predicted molar refractivity (Wildman–Crippen MR) is 78.2 cm³/mol. The van der Waals surface area contributed by atoms with E-state index in [1.54, 1.807) is 0 Å². The standard InChI is InChI=1S/C14H21NO8/c1-8(6-16)11(17)12(18)13(19)14(20)23-7-9-2-4-10(5-3-9)15(21)22/h2-5,8,11-14,16-20H,6-7H2,1H3. The zero-order valence-electron chi connectivity index (χ0n) is 12.5. The monoisotopic (exact) mass is 331 g/mol. The first kappa shape index (κ1) is 19.4. The molecule has 0 aliphatic heterocycles. The molecule has 0 heterocycles. The average molecular weight is 331 g/mol. The van der Waals surface area contributed by atoms with Crippen molar-refractivity contribution in [1.29, 1.82) is 0 Å². The molecule has 0 aromatic heterocycles. The molecule has 0 bridgehead atoms. The van der Waals surface area contributed by atoms with E-state index in [0.717, 1.165) is 0 Å². The molecule has 0 amide bonds. The highest BCUT2D eigenvalue weighted by molar-refractivity contribution is 5.32. The lowest BCUT2D eigenvalue weighted by Crippen LogP contribution is -2.48. The first-order chi connectivity index (χ1) is 10.8. The topological polar surface area (TPSA) is 154 Å². The molecule has 1 aromatic carbocycles. The van der Waals surface area contributed by atoms with Gasteiger partial charge in [0.05, 0.1) is 17.6 Å². The molecule has 130 valence electrons. The number of benzene rings is 1. The molecule has 23 heavy (non-hydrogen) atoms. The van der Waals surface area contributed by atoms with E-state index in [4.69, 9.17) is 9.84 Å². The van der Waals surface area contributed by atoms with E-state index >= 15 is 0 Å². The minimum Gasteiger partial charge on any atom is -0.396 e. The van der Waals surface area contributed by atoms with Crippen LogP contribution in [0, 0.1) is 16.0 Å². The second-order valence-electron chi connectivity index (χ2n) is 5.26. The molecule has 0 aliphatic carbocycles. The molecule has 0 radical (unpaired) electrons. The zero-order chi connectivity index (χ0) is 17.6. The maximum Gasteiger partial charge on any atom is 0.269 e. The van der Waals surface area contributed by atoms with Gasteiger partial charge < -0.3 is 30.3 Å². The van der Waals surface area contributed by atoms with Crippen molar-refractivity contribution in [3.8, 4) is 0 Å². The molecule has 1 aromatic rings. The van der Waals surface area contributed by atoms with Crippen LogP contribution in [0.25, 0.3) is 0 Å². The van der Waals surface area contributed by atoms with Gasteiger partial charge in [0.2, 0.25) is 0 Å².